The van der Waals surface area contributed by atoms with Gasteiger partial charge >= 0.3 is 0 Å². The van der Waals surface area contributed by atoms with Crippen molar-refractivity contribution in [3.05, 3.63) is 34.9 Å². The van der Waals surface area contributed by atoms with Crippen molar-refractivity contribution in [2.75, 3.05) is 0 Å². The third-order valence-corrected chi connectivity index (χ3v) is 3.97. The third-order valence-electron chi connectivity index (χ3n) is 3.97. The first-order chi connectivity index (χ1) is 8.11. The summed E-state index contributed by atoms with van der Waals surface area (Å²) in [5.74, 6) is 0.621. The normalized spacial score (nSPS) is 14.6. The molecular weight excluding hydrogens is 206 g/mol. The highest BCUT2D eigenvalue weighted by Crippen LogP contribution is 2.29. The van der Waals surface area contributed by atoms with Gasteiger partial charge in [0.05, 0.1) is 0 Å². The first kappa shape index (κ1) is 14.2. The Labute approximate surface area is 106 Å². The zero-order valence-corrected chi connectivity index (χ0v) is 11.8. The molecule has 96 valence electrons. The van der Waals surface area contributed by atoms with Crippen LogP contribution >= 0.6 is 0 Å². The van der Waals surface area contributed by atoms with E-state index in [2.05, 4.69) is 45.9 Å². The second kappa shape index (κ2) is 6.80. The minimum Gasteiger partial charge on any atom is -0.324 e. The largest absolute Gasteiger partial charge is 0.324 e. The zero-order valence-electron chi connectivity index (χ0n) is 11.8. The molecule has 2 N–H and O–H groups in total. The Balaban J connectivity index is 2.85. The Kier molecular flexibility index (Phi) is 5.70. The van der Waals surface area contributed by atoms with E-state index in [1.807, 2.05) is 0 Å². The maximum Gasteiger partial charge on any atom is 0.0326 e. The van der Waals surface area contributed by atoms with Crippen LogP contribution in [0.5, 0.6) is 0 Å². The average molecular weight is 233 g/mol. The van der Waals surface area contributed by atoms with Crippen LogP contribution in [0.15, 0.2) is 18.2 Å². The summed E-state index contributed by atoms with van der Waals surface area (Å²) in [4.78, 5) is 0. The van der Waals surface area contributed by atoms with Gasteiger partial charge in [-0.05, 0) is 42.9 Å². The third kappa shape index (κ3) is 3.57. The summed E-state index contributed by atoms with van der Waals surface area (Å²) in [7, 11) is 0. The van der Waals surface area contributed by atoms with Crippen LogP contribution in [-0.2, 0) is 0 Å². The minimum atomic E-state index is 0.200. The smallest absolute Gasteiger partial charge is 0.0326 e. The van der Waals surface area contributed by atoms with Crippen LogP contribution in [0.4, 0.5) is 0 Å². The lowest BCUT2D eigenvalue weighted by Gasteiger charge is -2.25. The monoisotopic (exact) mass is 233 g/mol. The maximum atomic E-state index is 6.46. The van der Waals surface area contributed by atoms with E-state index in [0.29, 0.717) is 5.92 Å². The second-order valence-electron chi connectivity index (χ2n) is 5.13. The summed E-state index contributed by atoms with van der Waals surface area (Å²) in [6.45, 7) is 8.86. The maximum absolute atomic E-state index is 6.46. The van der Waals surface area contributed by atoms with Crippen LogP contribution in [0.2, 0.25) is 0 Å². The van der Waals surface area contributed by atoms with Gasteiger partial charge in [0.15, 0.2) is 0 Å². The Morgan fingerprint density at radius 2 is 1.88 bits per heavy atom. The summed E-state index contributed by atoms with van der Waals surface area (Å²) >= 11 is 0. The van der Waals surface area contributed by atoms with Gasteiger partial charge in [0.2, 0.25) is 0 Å². The van der Waals surface area contributed by atoms with Crippen LogP contribution in [-0.4, -0.2) is 0 Å². The first-order valence-corrected chi connectivity index (χ1v) is 6.93. The lowest BCUT2D eigenvalue weighted by atomic mass is 9.85. The number of hydrogen-bond donors (Lipinski definition) is 1. The molecule has 0 aromatic heterocycles. The van der Waals surface area contributed by atoms with Crippen molar-refractivity contribution >= 4 is 0 Å². The quantitative estimate of drug-likeness (QED) is 0.768. The Morgan fingerprint density at radius 1 is 1.18 bits per heavy atom. The molecule has 0 aliphatic heterocycles. The summed E-state index contributed by atoms with van der Waals surface area (Å²) in [5.41, 5.74) is 10.5. The van der Waals surface area contributed by atoms with Crippen LogP contribution in [0.25, 0.3) is 0 Å². The molecule has 0 heterocycles. The molecule has 1 aromatic carbocycles. The molecule has 0 bridgehead atoms. The van der Waals surface area contributed by atoms with Gasteiger partial charge < -0.3 is 5.73 Å². The number of hydrogen-bond acceptors (Lipinski definition) is 1. The number of unbranched alkanes of at least 4 members (excludes halogenated alkanes) is 1. The molecular formula is C16H27N. The molecule has 1 aromatic rings. The first-order valence-electron chi connectivity index (χ1n) is 6.93. The standard InChI is InChI=1S/C16H27N/c1-5-7-10-14(6-2)16(17)15-11-8-9-12(3)13(15)4/h8-9,11,14,16H,5-7,10,17H2,1-4H3. The van der Waals surface area contributed by atoms with Crippen molar-refractivity contribution in [2.24, 2.45) is 11.7 Å². The van der Waals surface area contributed by atoms with Crippen molar-refractivity contribution < 1.29 is 0 Å². The molecule has 1 nitrogen and oxygen atoms in total. The van der Waals surface area contributed by atoms with E-state index in [9.17, 15) is 0 Å². The average Bonchev–Trinajstić information content (AvgIpc) is 2.33. The van der Waals surface area contributed by atoms with Gasteiger partial charge in [-0.25, -0.2) is 0 Å². The number of aryl methyl sites for hydroxylation is 1. The SMILES string of the molecule is CCCCC(CC)C(N)c1cccc(C)c1C. The zero-order chi connectivity index (χ0) is 12.8. The van der Waals surface area contributed by atoms with Gasteiger partial charge in [0.1, 0.15) is 0 Å². The van der Waals surface area contributed by atoms with Crippen molar-refractivity contribution in [3.8, 4) is 0 Å². The molecule has 2 atom stereocenters. The van der Waals surface area contributed by atoms with Gasteiger partial charge in [0.25, 0.3) is 0 Å². The van der Waals surface area contributed by atoms with Crippen LogP contribution in [0, 0.1) is 19.8 Å². The van der Waals surface area contributed by atoms with Gasteiger partial charge in [0, 0.05) is 6.04 Å². The highest BCUT2D eigenvalue weighted by molar-refractivity contribution is 5.35. The van der Waals surface area contributed by atoms with E-state index in [-0.39, 0.29) is 6.04 Å². The fourth-order valence-electron chi connectivity index (χ4n) is 2.49. The summed E-state index contributed by atoms with van der Waals surface area (Å²) in [6, 6.07) is 6.69. The topological polar surface area (TPSA) is 26.0 Å². The summed E-state index contributed by atoms with van der Waals surface area (Å²) in [5, 5.41) is 0. The minimum absolute atomic E-state index is 0.200. The molecule has 1 heteroatoms. The van der Waals surface area contributed by atoms with Crippen molar-refractivity contribution in [3.63, 3.8) is 0 Å². The highest BCUT2D eigenvalue weighted by atomic mass is 14.7. The molecule has 0 saturated heterocycles. The van der Waals surface area contributed by atoms with Gasteiger partial charge in [-0.3, -0.25) is 0 Å². The number of nitrogens with two attached hydrogens (primary N) is 1. The van der Waals surface area contributed by atoms with Gasteiger partial charge in [-0.15, -0.1) is 0 Å². The number of benzene rings is 1. The molecule has 2 unspecified atom stereocenters. The van der Waals surface area contributed by atoms with Gasteiger partial charge in [-0.2, -0.15) is 0 Å². The highest BCUT2D eigenvalue weighted by Gasteiger charge is 2.19. The Morgan fingerprint density at radius 3 is 2.47 bits per heavy atom. The predicted octanol–water partition coefficient (Wildman–Crippen LogP) is 4.52. The van der Waals surface area contributed by atoms with Crippen molar-refractivity contribution in [1.82, 2.24) is 0 Å². The lowest BCUT2D eigenvalue weighted by molar-refractivity contribution is 0.377. The molecule has 0 spiro atoms. The molecule has 0 radical (unpaired) electrons. The Bertz CT molecular complexity index is 343. The van der Waals surface area contributed by atoms with E-state index >= 15 is 0 Å². The fraction of sp³-hybridized carbons (Fsp3) is 0.625. The summed E-state index contributed by atoms with van der Waals surface area (Å²) < 4.78 is 0. The van der Waals surface area contributed by atoms with E-state index in [1.54, 1.807) is 0 Å². The molecule has 0 aliphatic carbocycles. The van der Waals surface area contributed by atoms with Crippen LogP contribution in [0.3, 0.4) is 0 Å². The van der Waals surface area contributed by atoms with Gasteiger partial charge in [-0.1, -0.05) is 51.3 Å². The Hall–Kier alpha value is -0.820. The molecule has 0 amide bonds. The van der Waals surface area contributed by atoms with E-state index < -0.39 is 0 Å². The molecule has 0 saturated carbocycles. The van der Waals surface area contributed by atoms with Crippen LogP contribution in [0.1, 0.15) is 62.3 Å². The molecule has 0 fully saturated rings. The second-order valence-corrected chi connectivity index (χ2v) is 5.13. The fourth-order valence-corrected chi connectivity index (χ4v) is 2.49. The van der Waals surface area contributed by atoms with E-state index in [0.717, 1.165) is 0 Å². The molecule has 0 aliphatic rings. The van der Waals surface area contributed by atoms with Crippen molar-refractivity contribution in [2.45, 2.75) is 59.4 Å². The van der Waals surface area contributed by atoms with Crippen LogP contribution < -0.4 is 5.73 Å². The predicted molar refractivity (Wildman–Crippen MR) is 76.2 cm³/mol. The van der Waals surface area contributed by atoms with E-state index in [4.69, 9.17) is 5.73 Å². The summed E-state index contributed by atoms with van der Waals surface area (Å²) in [6.07, 6.45) is 4.98. The number of rotatable bonds is 6. The molecule has 17 heavy (non-hydrogen) atoms. The lowest BCUT2D eigenvalue weighted by Crippen LogP contribution is -2.22. The molecule has 1 rings (SSSR count). The van der Waals surface area contributed by atoms with Crippen molar-refractivity contribution in [1.29, 1.82) is 0 Å². The van der Waals surface area contributed by atoms with E-state index in [1.165, 1.54) is 42.4 Å².